The number of rotatable bonds is 5. The highest BCUT2D eigenvalue weighted by molar-refractivity contribution is 5.79. The van der Waals surface area contributed by atoms with Gasteiger partial charge in [-0.05, 0) is 44.4 Å². The van der Waals surface area contributed by atoms with E-state index in [1.54, 1.807) is 13.1 Å². The number of aliphatic imine (C=N–C) groups is 1. The summed E-state index contributed by atoms with van der Waals surface area (Å²) in [5, 5.41) is 6.72. The molecule has 1 aliphatic heterocycles. The van der Waals surface area contributed by atoms with Crippen molar-refractivity contribution in [3.8, 4) is 5.75 Å². The van der Waals surface area contributed by atoms with Crippen LogP contribution < -0.4 is 15.4 Å². The molecule has 1 saturated heterocycles. The van der Waals surface area contributed by atoms with Crippen molar-refractivity contribution in [3.05, 3.63) is 29.6 Å². The van der Waals surface area contributed by atoms with Gasteiger partial charge in [0.15, 0.2) is 17.5 Å². The van der Waals surface area contributed by atoms with Gasteiger partial charge in [-0.2, -0.15) is 0 Å². The van der Waals surface area contributed by atoms with Crippen molar-refractivity contribution in [1.29, 1.82) is 0 Å². The summed E-state index contributed by atoms with van der Waals surface area (Å²) in [4.78, 5) is 6.76. The van der Waals surface area contributed by atoms with Crippen molar-refractivity contribution in [2.24, 2.45) is 4.99 Å². The monoisotopic (exact) mass is 336 g/mol. The van der Waals surface area contributed by atoms with Crippen LogP contribution in [0.3, 0.4) is 0 Å². The molecule has 2 rings (SSSR count). The van der Waals surface area contributed by atoms with Gasteiger partial charge in [0, 0.05) is 38.8 Å². The molecule has 1 aromatic rings. The Balaban J connectivity index is 1.82. The number of guanidine groups is 1. The molecule has 0 spiro atoms. The number of halogens is 1. The predicted octanol–water partition coefficient (Wildman–Crippen LogP) is 2.37. The molecule has 134 valence electrons. The average molecular weight is 336 g/mol. The van der Waals surface area contributed by atoms with Crippen LogP contribution in [-0.4, -0.2) is 50.2 Å². The molecule has 1 heterocycles. The fourth-order valence-electron chi connectivity index (χ4n) is 2.95. The average Bonchev–Trinajstić information content (AvgIpc) is 2.59. The first-order valence-corrected chi connectivity index (χ1v) is 8.57. The van der Waals surface area contributed by atoms with Crippen LogP contribution in [0.1, 0.15) is 32.3 Å². The van der Waals surface area contributed by atoms with Gasteiger partial charge in [-0.25, -0.2) is 4.39 Å². The predicted molar refractivity (Wildman–Crippen MR) is 96.0 cm³/mol. The Morgan fingerprint density at radius 2 is 2.08 bits per heavy atom. The molecule has 0 aliphatic carbocycles. The van der Waals surface area contributed by atoms with E-state index in [0.717, 1.165) is 37.5 Å². The number of nitrogens with zero attached hydrogens (tertiary/aromatic N) is 2. The Labute approximate surface area is 144 Å². The Morgan fingerprint density at radius 1 is 1.38 bits per heavy atom. The molecule has 24 heavy (non-hydrogen) atoms. The summed E-state index contributed by atoms with van der Waals surface area (Å²) in [7, 11) is 3.22. The summed E-state index contributed by atoms with van der Waals surface area (Å²) in [6, 6.07) is 6.01. The third-order valence-corrected chi connectivity index (χ3v) is 4.50. The molecular formula is C18H29FN4O. The maximum Gasteiger partial charge on any atom is 0.191 e. The van der Waals surface area contributed by atoms with Crippen molar-refractivity contribution in [1.82, 2.24) is 15.5 Å². The summed E-state index contributed by atoms with van der Waals surface area (Å²) in [5.74, 6) is 0.674. The normalized spacial score (nSPS) is 17.2. The molecule has 6 heteroatoms. The first kappa shape index (κ1) is 18.5. The molecule has 1 fully saturated rings. The van der Waals surface area contributed by atoms with Gasteiger partial charge in [0.1, 0.15) is 0 Å². The first-order chi connectivity index (χ1) is 11.5. The minimum absolute atomic E-state index is 0.262. The molecule has 1 aromatic carbocycles. The number of ether oxygens (including phenoxy) is 1. The van der Waals surface area contributed by atoms with Gasteiger partial charge in [-0.1, -0.05) is 6.07 Å². The fraction of sp³-hybridized carbons (Fsp3) is 0.611. The van der Waals surface area contributed by atoms with Crippen molar-refractivity contribution in [2.75, 3.05) is 27.2 Å². The minimum atomic E-state index is -0.346. The summed E-state index contributed by atoms with van der Waals surface area (Å²) in [6.07, 6.45) is 2.21. The number of hydrogen-bond donors (Lipinski definition) is 2. The maximum absolute atomic E-state index is 13.7. The Hall–Kier alpha value is -1.82. The molecule has 0 atom stereocenters. The molecule has 0 bridgehead atoms. The first-order valence-electron chi connectivity index (χ1n) is 8.57. The topological polar surface area (TPSA) is 48.9 Å². The molecule has 2 N–H and O–H groups in total. The van der Waals surface area contributed by atoms with Crippen molar-refractivity contribution >= 4 is 5.96 Å². The molecule has 0 unspecified atom stereocenters. The fourth-order valence-corrected chi connectivity index (χ4v) is 2.95. The number of methoxy groups -OCH3 is 1. The van der Waals surface area contributed by atoms with Crippen LogP contribution >= 0.6 is 0 Å². The smallest absolute Gasteiger partial charge is 0.191 e. The molecule has 1 aliphatic rings. The van der Waals surface area contributed by atoms with E-state index in [9.17, 15) is 4.39 Å². The van der Waals surface area contributed by atoms with Gasteiger partial charge in [0.05, 0.1) is 7.11 Å². The highest BCUT2D eigenvalue weighted by Crippen LogP contribution is 2.17. The zero-order valence-corrected chi connectivity index (χ0v) is 15.1. The summed E-state index contributed by atoms with van der Waals surface area (Å²) in [6.45, 7) is 7.21. The van der Waals surface area contributed by atoms with Crippen LogP contribution in [0, 0.1) is 5.82 Å². The lowest BCUT2D eigenvalue weighted by atomic mass is 10.0. The number of piperidine rings is 1. The number of hydrogen-bond acceptors (Lipinski definition) is 3. The van der Waals surface area contributed by atoms with Gasteiger partial charge in [-0.15, -0.1) is 0 Å². The second-order valence-corrected chi connectivity index (χ2v) is 6.44. The molecular weight excluding hydrogens is 307 g/mol. The third kappa shape index (κ3) is 5.09. The molecule has 5 nitrogen and oxygen atoms in total. The molecule has 0 aromatic heterocycles. The highest BCUT2D eigenvalue weighted by atomic mass is 19.1. The van der Waals surface area contributed by atoms with Crippen LogP contribution in [0.15, 0.2) is 23.2 Å². The van der Waals surface area contributed by atoms with E-state index in [2.05, 4.69) is 34.4 Å². The zero-order chi connectivity index (χ0) is 17.5. The van der Waals surface area contributed by atoms with Gasteiger partial charge < -0.3 is 20.3 Å². The van der Waals surface area contributed by atoms with Crippen LogP contribution in [0.2, 0.25) is 0 Å². The quantitative estimate of drug-likeness (QED) is 0.640. The summed E-state index contributed by atoms with van der Waals surface area (Å²) >= 11 is 0. The number of nitrogens with one attached hydrogen (secondary N) is 2. The van der Waals surface area contributed by atoms with Crippen LogP contribution in [-0.2, 0) is 6.54 Å². The zero-order valence-electron chi connectivity index (χ0n) is 15.1. The van der Waals surface area contributed by atoms with E-state index >= 15 is 0 Å². The van der Waals surface area contributed by atoms with E-state index in [1.165, 1.54) is 13.2 Å². The van der Waals surface area contributed by atoms with Crippen molar-refractivity contribution in [2.45, 2.75) is 45.3 Å². The minimum Gasteiger partial charge on any atom is -0.494 e. The standard InChI is InChI=1S/C18H29FN4O/c1-13(2)23-9-7-15(8-10-23)22-18(20-3)21-12-14-5-6-17(24-4)16(19)11-14/h5-6,11,13,15H,7-10,12H2,1-4H3,(H2,20,21,22). The number of likely N-dealkylation sites (tertiary alicyclic amines) is 1. The SMILES string of the molecule is CN=C(NCc1ccc(OC)c(F)c1)NC1CCN(C(C)C)CC1. The Morgan fingerprint density at radius 3 is 2.62 bits per heavy atom. The largest absolute Gasteiger partial charge is 0.494 e. The lowest BCUT2D eigenvalue weighted by Crippen LogP contribution is -2.49. The lowest BCUT2D eigenvalue weighted by molar-refractivity contribution is 0.167. The lowest BCUT2D eigenvalue weighted by Gasteiger charge is -2.35. The van der Waals surface area contributed by atoms with E-state index in [4.69, 9.17) is 4.74 Å². The Kier molecular flexibility index (Phi) is 6.85. The Bertz CT molecular complexity index is 554. The van der Waals surface area contributed by atoms with Crippen LogP contribution in [0.4, 0.5) is 4.39 Å². The van der Waals surface area contributed by atoms with E-state index in [1.807, 2.05) is 6.07 Å². The highest BCUT2D eigenvalue weighted by Gasteiger charge is 2.21. The van der Waals surface area contributed by atoms with E-state index in [0.29, 0.717) is 18.6 Å². The van der Waals surface area contributed by atoms with Crippen molar-refractivity contribution in [3.63, 3.8) is 0 Å². The van der Waals surface area contributed by atoms with Crippen LogP contribution in [0.5, 0.6) is 5.75 Å². The van der Waals surface area contributed by atoms with Crippen LogP contribution in [0.25, 0.3) is 0 Å². The molecule has 0 saturated carbocycles. The molecule has 0 amide bonds. The van der Waals surface area contributed by atoms with Gasteiger partial charge in [0.25, 0.3) is 0 Å². The second kappa shape index (κ2) is 8.87. The van der Waals surface area contributed by atoms with Gasteiger partial charge in [0.2, 0.25) is 0 Å². The van der Waals surface area contributed by atoms with Crippen molar-refractivity contribution < 1.29 is 9.13 Å². The van der Waals surface area contributed by atoms with E-state index in [-0.39, 0.29) is 11.6 Å². The van der Waals surface area contributed by atoms with Gasteiger partial charge in [-0.3, -0.25) is 4.99 Å². The summed E-state index contributed by atoms with van der Waals surface area (Å²) < 4.78 is 18.7. The third-order valence-electron chi connectivity index (χ3n) is 4.50. The second-order valence-electron chi connectivity index (χ2n) is 6.44. The van der Waals surface area contributed by atoms with E-state index < -0.39 is 0 Å². The summed E-state index contributed by atoms with van der Waals surface area (Å²) in [5.41, 5.74) is 0.853. The maximum atomic E-state index is 13.7. The van der Waals surface area contributed by atoms with Gasteiger partial charge >= 0.3 is 0 Å². The number of benzene rings is 1. The molecule has 0 radical (unpaired) electrons.